The van der Waals surface area contributed by atoms with Crippen LogP contribution in [-0.2, 0) is 30.3 Å². The molecule has 3 aromatic carbocycles. The summed E-state index contributed by atoms with van der Waals surface area (Å²) in [5, 5.41) is 20.1. The standard InChI is InChI=1S/C36H38F2N2O7/c37-26-9-7-24(8-10-26)31(41)16-15-29-33(40(34(29)43)28-13-11-27(38)12-14-28)25-5-3-23(4-6-25)17-18-36(21-46-22-36)47-20-32(42)39-19-1-2-30(39)35(44)45/h3-14,29-31,33,41H,1-2,15-22H2,(H,44,45)/t29-,30?,31?,33-/m1/s1. The van der Waals surface area contributed by atoms with Crippen LogP contribution in [0.2, 0.25) is 0 Å². The predicted molar refractivity (Wildman–Crippen MR) is 167 cm³/mol. The average Bonchev–Trinajstić information content (AvgIpc) is 3.55. The Morgan fingerprint density at radius 2 is 1.64 bits per heavy atom. The molecular weight excluding hydrogens is 610 g/mol. The lowest BCUT2D eigenvalue weighted by atomic mass is 9.78. The fraction of sp³-hybridized carbons (Fsp3) is 0.417. The van der Waals surface area contributed by atoms with Crippen LogP contribution in [0, 0.1) is 17.6 Å². The quantitative estimate of drug-likeness (QED) is 0.251. The number of likely N-dealkylation sites (tertiary alicyclic amines) is 1. The van der Waals surface area contributed by atoms with E-state index in [1.54, 1.807) is 17.0 Å². The minimum atomic E-state index is -0.998. The number of aryl methyl sites for hydroxylation is 1. The van der Waals surface area contributed by atoms with Gasteiger partial charge in [0.05, 0.1) is 31.3 Å². The predicted octanol–water partition coefficient (Wildman–Crippen LogP) is 4.98. The highest BCUT2D eigenvalue weighted by Crippen LogP contribution is 2.46. The monoisotopic (exact) mass is 648 g/mol. The van der Waals surface area contributed by atoms with Gasteiger partial charge >= 0.3 is 5.97 Å². The molecule has 2 N–H and O–H groups in total. The number of hydrogen-bond donors (Lipinski definition) is 2. The number of rotatable bonds is 13. The molecule has 0 spiro atoms. The maximum atomic E-state index is 13.7. The molecule has 3 saturated heterocycles. The molecule has 3 aromatic rings. The van der Waals surface area contributed by atoms with E-state index < -0.39 is 35.5 Å². The number of ether oxygens (including phenoxy) is 2. The maximum absolute atomic E-state index is 13.7. The number of β-lactam (4-membered cyclic amide) rings is 1. The summed E-state index contributed by atoms with van der Waals surface area (Å²) in [6.45, 7) is 0.917. The normalized spacial score (nSPS) is 22.4. The molecule has 2 unspecified atom stereocenters. The van der Waals surface area contributed by atoms with Crippen molar-refractivity contribution < 1.29 is 42.9 Å². The van der Waals surface area contributed by atoms with Gasteiger partial charge in [0.15, 0.2) is 0 Å². The minimum Gasteiger partial charge on any atom is -0.480 e. The molecule has 0 radical (unpaired) electrons. The number of carboxylic acid groups (broad SMARTS) is 1. The number of aliphatic hydroxyl groups is 1. The van der Waals surface area contributed by atoms with Crippen LogP contribution in [0.25, 0.3) is 0 Å². The molecule has 4 atom stereocenters. The third kappa shape index (κ3) is 7.07. The molecule has 0 bridgehead atoms. The van der Waals surface area contributed by atoms with Gasteiger partial charge in [-0.2, -0.15) is 0 Å². The Kier molecular flexibility index (Phi) is 9.67. The van der Waals surface area contributed by atoms with E-state index >= 15 is 0 Å². The topological polar surface area (TPSA) is 117 Å². The molecule has 11 heteroatoms. The molecule has 3 aliphatic rings. The van der Waals surface area contributed by atoms with Crippen molar-refractivity contribution in [2.24, 2.45) is 5.92 Å². The Bertz CT molecular complexity index is 1580. The molecule has 0 aromatic heterocycles. The van der Waals surface area contributed by atoms with Gasteiger partial charge in [0, 0.05) is 12.2 Å². The largest absolute Gasteiger partial charge is 0.480 e. The van der Waals surface area contributed by atoms with Crippen LogP contribution in [0.15, 0.2) is 72.8 Å². The van der Waals surface area contributed by atoms with Crippen LogP contribution in [0.5, 0.6) is 0 Å². The second kappa shape index (κ2) is 13.9. The van der Waals surface area contributed by atoms with Crippen LogP contribution in [0.4, 0.5) is 14.5 Å². The number of hydrogen-bond acceptors (Lipinski definition) is 6. The number of aliphatic hydroxyl groups excluding tert-OH is 1. The number of amides is 2. The third-order valence-electron chi connectivity index (χ3n) is 9.61. The first kappa shape index (κ1) is 32.7. The summed E-state index contributed by atoms with van der Waals surface area (Å²) < 4.78 is 38.5. The second-order valence-corrected chi connectivity index (χ2v) is 12.7. The van der Waals surface area contributed by atoms with E-state index in [-0.39, 0.29) is 30.3 Å². The van der Waals surface area contributed by atoms with Crippen molar-refractivity contribution in [3.8, 4) is 0 Å². The Labute approximate surface area is 271 Å². The van der Waals surface area contributed by atoms with Gasteiger partial charge in [-0.1, -0.05) is 36.4 Å². The van der Waals surface area contributed by atoms with E-state index in [2.05, 4.69) is 0 Å². The molecule has 248 valence electrons. The zero-order chi connectivity index (χ0) is 33.1. The van der Waals surface area contributed by atoms with E-state index in [1.807, 2.05) is 24.3 Å². The zero-order valence-corrected chi connectivity index (χ0v) is 25.9. The van der Waals surface area contributed by atoms with Gasteiger partial charge in [0.1, 0.15) is 29.9 Å². The Balaban J connectivity index is 1.10. The zero-order valence-electron chi connectivity index (χ0n) is 25.9. The summed E-state index contributed by atoms with van der Waals surface area (Å²) >= 11 is 0. The number of nitrogens with zero attached hydrogens (tertiary/aromatic N) is 2. The highest BCUT2D eigenvalue weighted by atomic mass is 19.1. The second-order valence-electron chi connectivity index (χ2n) is 12.7. The van der Waals surface area contributed by atoms with Gasteiger partial charge < -0.3 is 29.5 Å². The molecule has 47 heavy (non-hydrogen) atoms. The highest BCUT2D eigenvalue weighted by molar-refractivity contribution is 6.03. The van der Waals surface area contributed by atoms with Gasteiger partial charge in [-0.15, -0.1) is 0 Å². The van der Waals surface area contributed by atoms with Crippen molar-refractivity contribution in [2.75, 3.05) is 31.3 Å². The number of carbonyl (C=O) groups is 3. The average molecular weight is 649 g/mol. The van der Waals surface area contributed by atoms with Gasteiger partial charge in [-0.05, 0) is 91.6 Å². The van der Waals surface area contributed by atoms with E-state index in [9.17, 15) is 33.4 Å². The first-order valence-electron chi connectivity index (χ1n) is 16.0. The van der Waals surface area contributed by atoms with Crippen molar-refractivity contribution in [2.45, 2.75) is 62.3 Å². The van der Waals surface area contributed by atoms with Crippen LogP contribution in [-0.4, -0.2) is 70.9 Å². The van der Waals surface area contributed by atoms with Crippen LogP contribution in [0.1, 0.15) is 60.9 Å². The fourth-order valence-electron chi connectivity index (χ4n) is 6.79. The lowest BCUT2D eigenvalue weighted by Gasteiger charge is -2.48. The first-order chi connectivity index (χ1) is 22.6. The van der Waals surface area contributed by atoms with Crippen LogP contribution >= 0.6 is 0 Å². The Morgan fingerprint density at radius 3 is 2.26 bits per heavy atom. The van der Waals surface area contributed by atoms with E-state index in [1.165, 1.54) is 41.3 Å². The lowest BCUT2D eigenvalue weighted by Crippen LogP contribution is -2.55. The summed E-state index contributed by atoms with van der Waals surface area (Å²) in [5.74, 6) is -2.63. The molecule has 3 aliphatic heterocycles. The number of aliphatic carboxylic acids is 1. The summed E-state index contributed by atoms with van der Waals surface area (Å²) in [4.78, 5) is 40.7. The Morgan fingerprint density at radius 1 is 0.979 bits per heavy atom. The number of carboxylic acids is 1. The minimum absolute atomic E-state index is 0.112. The van der Waals surface area contributed by atoms with Crippen molar-refractivity contribution in [1.29, 1.82) is 0 Å². The van der Waals surface area contributed by atoms with E-state index in [0.717, 1.165) is 11.1 Å². The Hall–Kier alpha value is -4.19. The summed E-state index contributed by atoms with van der Waals surface area (Å²) in [6, 6.07) is 18.3. The van der Waals surface area contributed by atoms with Crippen LogP contribution in [0.3, 0.4) is 0 Å². The number of carbonyl (C=O) groups excluding carboxylic acids is 2. The van der Waals surface area contributed by atoms with Gasteiger partial charge in [-0.25, -0.2) is 13.6 Å². The fourth-order valence-corrected chi connectivity index (χ4v) is 6.79. The molecule has 6 rings (SSSR count). The molecular formula is C36H38F2N2O7. The van der Waals surface area contributed by atoms with Crippen molar-refractivity contribution in [3.05, 3.63) is 101 Å². The highest BCUT2D eigenvalue weighted by Gasteiger charge is 2.48. The molecule has 2 amide bonds. The third-order valence-corrected chi connectivity index (χ3v) is 9.61. The first-order valence-corrected chi connectivity index (χ1v) is 16.0. The molecule has 0 aliphatic carbocycles. The number of halogens is 2. The molecule has 9 nitrogen and oxygen atoms in total. The summed E-state index contributed by atoms with van der Waals surface area (Å²) in [7, 11) is 0. The smallest absolute Gasteiger partial charge is 0.326 e. The number of benzene rings is 3. The van der Waals surface area contributed by atoms with Crippen molar-refractivity contribution in [3.63, 3.8) is 0 Å². The van der Waals surface area contributed by atoms with Gasteiger partial charge in [0.2, 0.25) is 11.8 Å². The summed E-state index contributed by atoms with van der Waals surface area (Å²) in [6.07, 6.45) is 2.23. The maximum Gasteiger partial charge on any atom is 0.326 e. The van der Waals surface area contributed by atoms with Crippen molar-refractivity contribution >= 4 is 23.5 Å². The molecule has 0 saturated carbocycles. The van der Waals surface area contributed by atoms with E-state index in [0.29, 0.717) is 69.5 Å². The van der Waals surface area contributed by atoms with Crippen molar-refractivity contribution in [1.82, 2.24) is 4.90 Å². The SMILES string of the molecule is O=C(O)C1CCCN1C(=O)COC1(CCc2ccc([C@@H]3[C@@H](CCC(O)c4ccc(F)cc4)C(=O)N3c3ccc(F)cc3)cc2)COC1. The molecule has 3 heterocycles. The number of anilines is 1. The van der Waals surface area contributed by atoms with Gasteiger partial charge in [-0.3, -0.25) is 9.59 Å². The van der Waals surface area contributed by atoms with Gasteiger partial charge in [0.25, 0.3) is 0 Å². The summed E-state index contributed by atoms with van der Waals surface area (Å²) in [5.41, 5.74) is 2.48. The lowest BCUT2D eigenvalue weighted by molar-refractivity contribution is -0.214. The van der Waals surface area contributed by atoms with E-state index in [4.69, 9.17) is 9.47 Å². The molecule has 3 fully saturated rings. The van der Waals surface area contributed by atoms with Crippen LogP contribution < -0.4 is 4.90 Å².